The highest BCUT2D eigenvalue weighted by atomic mass is 16.5. The molecule has 2 aromatic carbocycles. The van der Waals surface area contributed by atoms with Gasteiger partial charge in [-0.1, -0.05) is 36.4 Å². The van der Waals surface area contributed by atoms with E-state index in [0.29, 0.717) is 22.6 Å². The Morgan fingerprint density at radius 2 is 1.62 bits per heavy atom. The van der Waals surface area contributed by atoms with Crippen LogP contribution < -0.4 is 9.47 Å². The molecule has 0 aliphatic rings. The standard InChI is InChI=1S/C20H23NO5/c1-21(2)20(23)19(15-8-6-5-7-9-15)26-18(22)13-14-10-11-16(24-3)17(12-14)25-4/h5-12,19H,13H2,1-4H3/t19-/m0/s1. The molecule has 0 N–H and O–H groups in total. The smallest absolute Gasteiger partial charge is 0.311 e. The molecular weight excluding hydrogens is 334 g/mol. The molecule has 0 fully saturated rings. The summed E-state index contributed by atoms with van der Waals surface area (Å²) < 4.78 is 15.9. The van der Waals surface area contributed by atoms with Gasteiger partial charge in [0.15, 0.2) is 11.5 Å². The van der Waals surface area contributed by atoms with E-state index in [2.05, 4.69) is 0 Å². The van der Waals surface area contributed by atoms with Crippen molar-refractivity contribution in [2.24, 2.45) is 0 Å². The van der Waals surface area contributed by atoms with E-state index in [1.165, 1.54) is 12.0 Å². The summed E-state index contributed by atoms with van der Waals surface area (Å²) in [6.07, 6.45) is -0.955. The molecule has 2 rings (SSSR count). The topological polar surface area (TPSA) is 65.1 Å². The lowest BCUT2D eigenvalue weighted by Crippen LogP contribution is -2.31. The normalized spacial score (nSPS) is 11.4. The highest BCUT2D eigenvalue weighted by molar-refractivity contribution is 5.85. The van der Waals surface area contributed by atoms with Crippen LogP contribution >= 0.6 is 0 Å². The molecule has 1 atom stereocenters. The van der Waals surface area contributed by atoms with Crippen molar-refractivity contribution in [2.75, 3.05) is 28.3 Å². The first-order chi connectivity index (χ1) is 12.5. The average Bonchev–Trinajstić information content (AvgIpc) is 2.66. The van der Waals surface area contributed by atoms with Gasteiger partial charge in [-0.15, -0.1) is 0 Å². The van der Waals surface area contributed by atoms with E-state index in [1.54, 1.807) is 63.7 Å². The fraction of sp³-hybridized carbons (Fsp3) is 0.300. The molecule has 0 aliphatic heterocycles. The molecule has 0 saturated heterocycles. The summed E-state index contributed by atoms with van der Waals surface area (Å²) in [6, 6.07) is 14.2. The Morgan fingerprint density at radius 3 is 2.19 bits per heavy atom. The van der Waals surface area contributed by atoms with Crippen molar-refractivity contribution in [3.63, 3.8) is 0 Å². The molecule has 138 valence electrons. The van der Waals surface area contributed by atoms with Gasteiger partial charge in [0.25, 0.3) is 5.91 Å². The van der Waals surface area contributed by atoms with E-state index in [-0.39, 0.29) is 12.3 Å². The Balaban J connectivity index is 2.16. The van der Waals surface area contributed by atoms with E-state index in [0.717, 1.165) is 0 Å². The molecule has 26 heavy (non-hydrogen) atoms. The number of hydrogen-bond donors (Lipinski definition) is 0. The van der Waals surface area contributed by atoms with E-state index >= 15 is 0 Å². The third-order valence-electron chi connectivity index (χ3n) is 3.81. The van der Waals surface area contributed by atoms with Crippen molar-refractivity contribution in [3.05, 3.63) is 59.7 Å². The van der Waals surface area contributed by atoms with Crippen LogP contribution in [0.15, 0.2) is 48.5 Å². The number of methoxy groups -OCH3 is 2. The zero-order valence-corrected chi connectivity index (χ0v) is 15.4. The van der Waals surface area contributed by atoms with Gasteiger partial charge in [-0.2, -0.15) is 0 Å². The number of rotatable bonds is 7. The van der Waals surface area contributed by atoms with Crippen LogP contribution in [0.2, 0.25) is 0 Å². The summed E-state index contributed by atoms with van der Waals surface area (Å²) in [4.78, 5) is 26.2. The molecule has 0 aliphatic carbocycles. The lowest BCUT2D eigenvalue weighted by atomic mass is 10.1. The van der Waals surface area contributed by atoms with Crippen molar-refractivity contribution in [3.8, 4) is 11.5 Å². The molecule has 0 saturated carbocycles. The maximum Gasteiger partial charge on any atom is 0.311 e. The highest BCUT2D eigenvalue weighted by Crippen LogP contribution is 2.28. The number of likely N-dealkylation sites (N-methyl/N-ethyl adjacent to an activating group) is 1. The van der Waals surface area contributed by atoms with Gasteiger partial charge in [-0.05, 0) is 17.7 Å². The van der Waals surface area contributed by atoms with Crippen LogP contribution in [-0.4, -0.2) is 45.1 Å². The second-order valence-electron chi connectivity index (χ2n) is 5.88. The number of hydrogen-bond acceptors (Lipinski definition) is 5. The first-order valence-corrected chi connectivity index (χ1v) is 8.12. The average molecular weight is 357 g/mol. The summed E-state index contributed by atoms with van der Waals surface area (Å²) in [5, 5.41) is 0. The van der Waals surface area contributed by atoms with Crippen LogP contribution in [0, 0.1) is 0 Å². The SMILES string of the molecule is COc1ccc(CC(=O)O[C@H](C(=O)N(C)C)c2ccccc2)cc1OC. The quantitative estimate of drug-likeness (QED) is 0.713. The van der Waals surface area contributed by atoms with Crippen LogP contribution in [-0.2, 0) is 20.7 Å². The third-order valence-corrected chi connectivity index (χ3v) is 3.81. The predicted molar refractivity (Wildman–Crippen MR) is 97.2 cm³/mol. The van der Waals surface area contributed by atoms with Crippen LogP contribution in [0.1, 0.15) is 17.2 Å². The summed E-state index contributed by atoms with van der Waals surface area (Å²) in [7, 11) is 6.32. The first-order valence-electron chi connectivity index (χ1n) is 8.12. The van der Waals surface area contributed by atoms with Crippen molar-refractivity contribution in [2.45, 2.75) is 12.5 Å². The summed E-state index contributed by atoms with van der Waals surface area (Å²) >= 11 is 0. The Morgan fingerprint density at radius 1 is 0.962 bits per heavy atom. The van der Waals surface area contributed by atoms with Crippen molar-refractivity contribution >= 4 is 11.9 Å². The molecule has 0 unspecified atom stereocenters. The van der Waals surface area contributed by atoms with Gasteiger partial charge in [0.2, 0.25) is 6.10 Å². The summed E-state index contributed by atoms with van der Waals surface area (Å²) in [6.45, 7) is 0. The van der Waals surface area contributed by atoms with Gasteiger partial charge in [-0.25, -0.2) is 0 Å². The van der Waals surface area contributed by atoms with Crippen molar-refractivity contribution in [1.29, 1.82) is 0 Å². The molecular formula is C20H23NO5. The second-order valence-corrected chi connectivity index (χ2v) is 5.88. The Bertz CT molecular complexity index is 758. The molecule has 0 aromatic heterocycles. The Kier molecular flexibility index (Phi) is 6.60. The summed E-state index contributed by atoms with van der Waals surface area (Å²) in [5.41, 5.74) is 1.34. The van der Waals surface area contributed by atoms with Crippen LogP contribution in [0.3, 0.4) is 0 Å². The van der Waals surface area contributed by atoms with Crippen molar-refractivity contribution < 1.29 is 23.8 Å². The van der Waals surface area contributed by atoms with Crippen LogP contribution in [0.4, 0.5) is 0 Å². The van der Waals surface area contributed by atoms with Gasteiger partial charge in [-0.3, -0.25) is 9.59 Å². The lowest BCUT2D eigenvalue weighted by molar-refractivity contribution is -0.159. The van der Waals surface area contributed by atoms with Gasteiger partial charge in [0.1, 0.15) is 0 Å². The number of esters is 1. The maximum absolute atomic E-state index is 12.4. The number of amides is 1. The van der Waals surface area contributed by atoms with E-state index < -0.39 is 12.1 Å². The Hall–Kier alpha value is -3.02. The minimum Gasteiger partial charge on any atom is -0.493 e. The third kappa shape index (κ3) is 4.75. The largest absolute Gasteiger partial charge is 0.493 e. The minimum atomic E-state index is -0.973. The number of benzene rings is 2. The molecule has 0 spiro atoms. The van der Waals surface area contributed by atoms with Crippen LogP contribution in [0.5, 0.6) is 11.5 Å². The van der Waals surface area contributed by atoms with E-state index in [4.69, 9.17) is 14.2 Å². The number of ether oxygens (including phenoxy) is 3. The fourth-order valence-corrected chi connectivity index (χ4v) is 2.45. The highest BCUT2D eigenvalue weighted by Gasteiger charge is 2.26. The predicted octanol–water partition coefficient (Wildman–Crippen LogP) is 2.62. The molecule has 6 nitrogen and oxygen atoms in total. The molecule has 0 heterocycles. The van der Waals surface area contributed by atoms with E-state index in [1.807, 2.05) is 6.07 Å². The molecule has 2 aromatic rings. The minimum absolute atomic E-state index is 0.0183. The van der Waals surface area contributed by atoms with Crippen molar-refractivity contribution in [1.82, 2.24) is 4.90 Å². The second kappa shape index (κ2) is 8.89. The van der Waals surface area contributed by atoms with Gasteiger partial charge in [0, 0.05) is 19.7 Å². The van der Waals surface area contributed by atoms with Gasteiger partial charge in [0.05, 0.1) is 20.6 Å². The zero-order chi connectivity index (χ0) is 19.1. The molecule has 0 radical (unpaired) electrons. The lowest BCUT2D eigenvalue weighted by Gasteiger charge is -2.21. The van der Waals surface area contributed by atoms with E-state index in [9.17, 15) is 9.59 Å². The monoisotopic (exact) mass is 357 g/mol. The Labute approximate surface area is 153 Å². The number of carbonyl (C=O) groups is 2. The van der Waals surface area contributed by atoms with Gasteiger partial charge >= 0.3 is 5.97 Å². The maximum atomic E-state index is 12.4. The fourth-order valence-electron chi connectivity index (χ4n) is 2.45. The zero-order valence-electron chi connectivity index (χ0n) is 15.4. The first kappa shape index (κ1) is 19.3. The molecule has 0 bridgehead atoms. The summed E-state index contributed by atoms with van der Waals surface area (Å²) in [5.74, 6) is 0.314. The van der Waals surface area contributed by atoms with Crippen LogP contribution in [0.25, 0.3) is 0 Å². The van der Waals surface area contributed by atoms with Gasteiger partial charge < -0.3 is 19.1 Å². The molecule has 1 amide bonds. The molecule has 6 heteroatoms. The number of nitrogens with zero attached hydrogens (tertiary/aromatic N) is 1. The number of carbonyl (C=O) groups excluding carboxylic acids is 2.